The van der Waals surface area contributed by atoms with Crippen LogP contribution in [0.1, 0.15) is 18.4 Å². The van der Waals surface area contributed by atoms with E-state index in [9.17, 15) is 0 Å². The fraction of sp³-hybridized carbons (Fsp3) is 0.273. The lowest BCUT2D eigenvalue weighted by Crippen LogP contribution is -1.75. The van der Waals surface area contributed by atoms with E-state index in [-0.39, 0.29) is 0 Å². The highest BCUT2D eigenvalue weighted by atomic mass is 33.5. The van der Waals surface area contributed by atoms with Gasteiger partial charge in [0.05, 0.1) is 0 Å². The van der Waals surface area contributed by atoms with E-state index in [1.165, 1.54) is 9.83 Å². The molecule has 0 aliphatic rings. The highest BCUT2D eigenvalue weighted by molar-refractivity contribution is 9.05. The van der Waals surface area contributed by atoms with Crippen LogP contribution in [-0.4, -0.2) is 5.75 Å². The number of thiol groups is 1. The van der Waals surface area contributed by atoms with Crippen molar-refractivity contribution in [3.63, 3.8) is 0 Å². The third-order valence-corrected chi connectivity index (χ3v) is 3.91. The highest BCUT2D eigenvalue weighted by Gasteiger charge is 1.85. The van der Waals surface area contributed by atoms with Crippen LogP contribution in [0.2, 0.25) is 0 Å². The molecule has 14 heavy (non-hydrogen) atoms. The molecule has 0 N–H and O–H groups in total. The van der Waals surface area contributed by atoms with Crippen molar-refractivity contribution in [1.82, 2.24) is 0 Å². The van der Waals surface area contributed by atoms with Crippen LogP contribution in [0.15, 0.2) is 30.3 Å². The number of hydrogen-bond donors (Lipinski definition) is 1. The van der Waals surface area contributed by atoms with Gasteiger partial charge >= 0.3 is 0 Å². The van der Waals surface area contributed by atoms with E-state index in [1.54, 1.807) is 10.8 Å². The molecule has 0 aliphatic heterocycles. The summed E-state index contributed by atoms with van der Waals surface area (Å²) in [7, 11) is 3.29. The molecule has 0 saturated heterocycles. The molecular formula is C11H12S3. The Kier molecular flexibility index (Phi) is 6.94. The van der Waals surface area contributed by atoms with Crippen LogP contribution in [0, 0.1) is 11.8 Å². The van der Waals surface area contributed by atoms with Gasteiger partial charge in [-0.1, -0.05) is 52.5 Å². The van der Waals surface area contributed by atoms with Gasteiger partial charge in [-0.3, -0.25) is 0 Å². The van der Waals surface area contributed by atoms with Crippen molar-refractivity contribution >= 4 is 32.3 Å². The molecule has 1 rings (SSSR count). The molecule has 0 bridgehead atoms. The molecule has 3 heteroatoms. The van der Waals surface area contributed by atoms with Crippen LogP contribution >= 0.6 is 32.3 Å². The molecule has 0 aliphatic carbocycles. The van der Waals surface area contributed by atoms with Crippen LogP contribution in [0.25, 0.3) is 0 Å². The van der Waals surface area contributed by atoms with E-state index >= 15 is 0 Å². The Morgan fingerprint density at radius 3 is 2.71 bits per heavy atom. The summed E-state index contributed by atoms with van der Waals surface area (Å²) in [5.41, 5.74) is 1.10. The summed E-state index contributed by atoms with van der Waals surface area (Å²) >= 11 is 4.05. The minimum atomic E-state index is 0.968. The largest absolute Gasteiger partial charge is 0.0997 e. The van der Waals surface area contributed by atoms with Crippen molar-refractivity contribution in [3.8, 4) is 11.8 Å². The second-order valence-electron chi connectivity index (χ2n) is 2.67. The third-order valence-electron chi connectivity index (χ3n) is 1.59. The number of hydrogen-bond acceptors (Lipinski definition) is 3. The Morgan fingerprint density at radius 2 is 2.00 bits per heavy atom. The molecule has 0 aromatic heterocycles. The summed E-state index contributed by atoms with van der Waals surface area (Å²) in [6.45, 7) is 0. The highest BCUT2D eigenvalue weighted by Crippen LogP contribution is 2.25. The topological polar surface area (TPSA) is 0 Å². The summed E-state index contributed by atoms with van der Waals surface area (Å²) in [5, 5.41) is 0. The first-order valence-electron chi connectivity index (χ1n) is 4.40. The Labute approximate surface area is 98.5 Å². The molecule has 0 unspecified atom stereocenters. The summed E-state index contributed by atoms with van der Waals surface area (Å²) in [6, 6.07) is 10.1. The maximum Gasteiger partial charge on any atom is 0.0245 e. The average Bonchev–Trinajstić information content (AvgIpc) is 2.25. The van der Waals surface area contributed by atoms with Gasteiger partial charge in [-0.15, -0.1) is 0 Å². The number of benzene rings is 1. The van der Waals surface area contributed by atoms with E-state index in [2.05, 4.69) is 23.5 Å². The Bertz CT molecular complexity index is 297. The first-order chi connectivity index (χ1) is 6.93. The van der Waals surface area contributed by atoms with Gasteiger partial charge in [0, 0.05) is 17.7 Å². The van der Waals surface area contributed by atoms with Crippen LogP contribution in [0.3, 0.4) is 0 Å². The first kappa shape index (κ1) is 11.9. The molecule has 0 amide bonds. The third kappa shape index (κ3) is 5.54. The summed E-state index contributed by atoms with van der Waals surface area (Å²) in [5.74, 6) is 7.42. The average molecular weight is 240 g/mol. The van der Waals surface area contributed by atoms with Gasteiger partial charge in [0.25, 0.3) is 0 Å². The maximum absolute atomic E-state index is 4.05. The van der Waals surface area contributed by atoms with Crippen molar-refractivity contribution in [3.05, 3.63) is 35.9 Å². The van der Waals surface area contributed by atoms with Crippen molar-refractivity contribution < 1.29 is 0 Å². The minimum Gasteiger partial charge on any atom is -0.0997 e. The van der Waals surface area contributed by atoms with Gasteiger partial charge in [-0.05, 0) is 28.4 Å². The molecule has 0 atom stereocenters. The summed E-state index contributed by atoms with van der Waals surface area (Å²) in [6.07, 6.45) is 2.11. The lowest BCUT2D eigenvalue weighted by Gasteiger charge is -1.91. The second-order valence-corrected chi connectivity index (χ2v) is 5.96. The lowest BCUT2D eigenvalue weighted by atomic mass is 10.2. The smallest absolute Gasteiger partial charge is 0.0245 e. The zero-order valence-electron chi connectivity index (χ0n) is 7.77. The predicted molar refractivity (Wildman–Crippen MR) is 71.6 cm³/mol. The zero-order valence-corrected chi connectivity index (χ0v) is 10.3. The van der Waals surface area contributed by atoms with Crippen LogP contribution in [-0.2, 0) is 0 Å². The summed E-state index contributed by atoms with van der Waals surface area (Å²) in [4.78, 5) is 0. The molecule has 0 radical (unpaired) electrons. The van der Waals surface area contributed by atoms with E-state index in [1.807, 2.05) is 30.3 Å². The van der Waals surface area contributed by atoms with Gasteiger partial charge < -0.3 is 0 Å². The van der Waals surface area contributed by atoms with Gasteiger partial charge in [0.2, 0.25) is 0 Å². The standard InChI is InChI=1S/C11H12S3/c12-14-13-10-6-2-5-9-11-7-3-1-4-8-11/h1,3-4,7-8,12H,2,6,10H2. The van der Waals surface area contributed by atoms with Crippen LogP contribution < -0.4 is 0 Å². The fourth-order valence-corrected chi connectivity index (χ4v) is 2.53. The van der Waals surface area contributed by atoms with Crippen molar-refractivity contribution in [2.45, 2.75) is 12.8 Å². The van der Waals surface area contributed by atoms with Crippen molar-refractivity contribution in [1.29, 1.82) is 0 Å². The van der Waals surface area contributed by atoms with Gasteiger partial charge in [-0.2, -0.15) is 0 Å². The number of unbranched alkanes of at least 4 members (excludes halogenated alkanes) is 1. The number of rotatable bonds is 4. The molecule has 74 valence electrons. The molecule has 1 aromatic rings. The first-order valence-corrected chi connectivity index (χ1v) is 7.77. The van der Waals surface area contributed by atoms with E-state index in [0.717, 1.165) is 24.2 Å². The fourth-order valence-electron chi connectivity index (χ4n) is 0.943. The Hall–Kier alpha value is -0.170. The Morgan fingerprint density at radius 1 is 1.21 bits per heavy atom. The van der Waals surface area contributed by atoms with E-state index < -0.39 is 0 Å². The van der Waals surface area contributed by atoms with E-state index in [4.69, 9.17) is 0 Å². The molecule has 0 heterocycles. The van der Waals surface area contributed by atoms with Crippen LogP contribution in [0.4, 0.5) is 0 Å². The van der Waals surface area contributed by atoms with E-state index in [0.29, 0.717) is 0 Å². The summed E-state index contributed by atoms with van der Waals surface area (Å²) < 4.78 is 0. The van der Waals surface area contributed by atoms with Crippen molar-refractivity contribution in [2.24, 2.45) is 0 Å². The monoisotopic (exact) mass is 240 g/mol. The van der Waals surface area contributed by atoms with Gasteiger partial charge in [0.15, 0.2) is 0 Å². The van der Waals surface area contributed by atoms with Crippen LogP contribution in [0.5, 0.6) is 0 Å². The van der Waals surface area contributed by atoms with Gasteiger partial charge in [-0.25, -0.2) is 0 Å². The lowest BCUT2D eigenvalue weighted by molar-refractivity contribution is 1.00. The molecule has 0 nitrogen and oxygen atoms in total. The molecule has 0 spiro atoms. The molecule has 0 fully saturated rings. The molecular weight excluding hydrogens is 228 g/mol. The molecule has 1 aromatic carbocycles. The minimum absolute atomic E-state index is 0.968. The SMILES string of the molecule is SSSCCCC#Cc1ccccc1. The van der Waals surface area contributed by atoms with Gasteiger partial charge in [0.1, 0.15) is 0 Å². The maximum atomic E-state index is 4.05. The second kappa shape index (κ2) is 8.16. The zero-order chi connectivity index (χ0) is 10.1. The van der Waals surface area contributed by atoms with Crippen molar-refractivity contribution in [2.75, 3.05) is 5.75 Å². The quantitative estimate of drug-likeness (QED) is 0.365. The molecule has 0 saturated carbocycles. The Balaban J connectivity index is 2.21. The predicted octanol–water partition coefficient (Wildman–Crippen LogP) is 4.04. The normalized spacial score (nSPS) is 9.21.